The molecule has 7 nitrogen and oxygen atoms in total. The zero-order valence-corrected chi connectivity index (χ0v) is 15.1. The fraction of sp³-hybridized carbons (Fsp3) is 0.833. The van der Waals surface area contributed by atoms with Crippen molar-refractivity contribution in [3.63, 3.8) is 0 Å². The number of hydrogen-bond acceptors (Lipinski definition) is 4. The molecule has 1 heterocycles. The first-order chi connectivity index (χ1) is 11.9. The number of urea groups is 1. The third-order valence-corrected chi connectivity index (χ3v) is 6.22. The zero-order chi connectivity index (χ0) is 18.0. The van der Waals surface area contributed by atoms with E-state index in [0.717, 1.165) is 49.8 Å². The van der Waals surface area contributed by atoms with Gasteiger partial charge in [0.05, 0.1) is 0 Å². The maximum atomic E-state index is 12.8. The maximum absolute atomic E-state index is 12.8. The molecule has 0 unspecified atom stereocenters. The molecule has 3 aliphatic rings. The Morgan fingerprint density at radius 1 is 1.20 bits per heavy atom. The molecule has 4 amide bonds. The number of nitrogens with two attached hydrogens (primary N) is 1. The van der Waals surface area contributed by atoms with Gasteiger partial charge in [-0.2, -0.15) is 0 Å². The lowest BCUT2D eigenvalue weighted by Gasteiger charge is -2.34. The summed E-state index contributed by atoms with van der Waals surface area (Å²) in [5.74, 6) is 0.140. The van der Waals surface area contributed by atoms with Crippen LogP contribution in [0.25, 0.3) is 0 Å². The Hall–Kier alpha value is -1.63. The van der Waals surface area contributed by atoms with E-state index in [1.165, 1.54) is 0 Å². The fourth-order valence-corrected chi connectivity index (χ4v) is 4.42. The Balaban J connectivity index is 1.55. The number of hydrogen-bond donors (Lipinski definition) is 3. The second kappa shape index (κ2) is 7.32. The summed E-state index contributed by atoms with van der Waals surface area (Å²) in [5.41, 5.74) is 5.10. The van der Waals surface area contributed by atoms with Crippen LogP contribution < -0.4 is 16.4 Å². The van der Waals surface area contributed by atoms with Crippen molar-refractivity contribution in [1.29, 1.82) is 0 Å². The third kappa shape index (κ3) is 3.81. The van der Waals surface area contributed by atoms with Gasteiger partial charge in [0, 0.05) is 12.1 Å². The van der Waals surface area contributed by atoms with Crippen LogP contribution in [0.3, 0.4) is 0 Å². The molecule has 4 N–H and O–H groups in total. The molecular formula is C18H30N4O3. The topological polar surface area (TPSA) is 105 Å². The summed E-state index contributed by atoms with van der Waals surface area (Å²) in [6, 6.07) is -0.111. The monoisotopic (exact) mass is 350 g/mol. The van der Waals surface area contributed by atoms with Crippen LogP contribution in [0.5, 0.6) is 0 Å². The van der Waals surface area contributed by atoms with Crippen LogP contribution in [0.1, 0.15) is 64.7 Å². The highest BCUT2D eigenvalue weighted by atomic mass is 16.2. The molecule has 2 aliphatic carbocycles. The highest BCUT2D eigenvalue weighted by Gasteiger charge is 2.52. The Kier molecular flexibility index (Phi) is 5.32. The molecule has 25 heavy (non-hydrogen) atoms. The molecule has 1 aliphatic heterocycles. The van der Waals surface area contributed by atoms with Gasteiger partial charge in [0.1, 0.15) is 12.1 Å². The molecule has 0 bridgehead atoms. The van der Waals surface area contributed by atoms with Crippen LogP contribution >= 0.6 is 0 Å². The second-order valence-corrected chi connectivity index (χ2v) is 7.93. The molecule has 0 aromatic carbocycles. The molecule has 7 heteroatoms. The van der Waals surface area contributed by atoms with E-state index in [4.69, 9.17) is 5.73 Å². The molecule has 0 aromatic rings. The molecule has 0 radical (unpaired) electrons. The van der Waals surface area contributed by atoms with Gasteiger partial charge in [-0.15, -0.1) is 0 Å². The quantitative estimate of drug-likeness (QED) is 0.664. The Morgan fingerprint density at radius 3 is 2.44 bits per heavy atom. The van der Waals surface area contributed by atoms with Crippen molar-refractivity contribution in [3.8, 4) is 0 Å². The first-order valence-corrected chi connectivity index (χ1v) is 9.62. The molecule has 3 rings (SSSR count). The summed E-state index contributed by atoms with van der Waals surface area (Å²) in [5, 5.41) is 5.82. The van der Waals surface area contributed by atoms with Crippen molar-refractivity contribution in [2.24, 2.45) is 11.7 Å². The van der Waals surface area contributed by atoms with Crippen molar-refractivity contribution in [2.75, 3.05) is 6.54 Å². The first kappa shape index (κ1) is 18.2. The van der Waals surface area contributed by atoms with Crippen molar-refractivity contribution in [2.45, 2.75) is 82.3 Å². The van der Waals surface area contributed by atoms with Gasteiger partial charge in [0.2, 0.25) is 5.91 Å². The molecular weight excluding hydrogens is 320 g/mol. The summed E-state index contributed by atoms with van der Waals surface area (Å²) < 4.78 is 0. The SMILES string of the molecule is CCC1CCC2(CC1)NC(=O)N(CC(=O)NC1CCC(N)CC1)C2=O. The average molecular weight is 350 g/mol. The lowest BCUT2D eigenvalue weighted by Crippen LogP contribution is -2.50. The van der Waals surface area contributed by atoms with Crippen LogP contribution in [-0.2, 0) is 9.59 Å². The molecule has 1 spiro atoms. The van der Waals surface area contributed by atoms with Crippen molar-refractivity contribution >= 4 is 17.8 Å². The fourth-order valence-electron chi connectivity index (χ4n) is 4.42. The maximum Gasteiger partial charge on any atom is 0.325 e. The molecule has 140 valence electrons. The van der Waals surface area contributed by atoms with Gasteiger partial charge in [0.25, 0.3) is 5.91 Å². The standard InChI is InChI=1S/C18H30N4O3/c1-2-12-7-9-18(10-8-12)16(24)22(17(25)21-18)11-15(23)20-14-5-3-13(19)4-6-14/h12-14H,2-11,19H2,1H3,(H,20,23)(H,21,25). The number of nitrogens with zero attached hydrogens (tertiary/aromatic N) is 1. The number of nitrogens with one attached hydrogen (secondary N) is 2. The first-order valence-electron chi connectivity index (χ1n) is 9.62. The number of amides is 4. The normalized spacial score (nSPS) is 35.8. The molecule has 1 saturated heterocycles. The van der Waals surface area contributed by atoms with Crippen LogP contribution in [0.4, 0.5) is 4.79 Å². The largest absolute Gasteiger partial charge is 0.352 e. The predicted molar refractivity (Wildman–Crippen MR) is 93.6 cm³/mol. The summed E-state index contributed by atoms with van der Waals surface area (Å²) in [6.45, 7) is 1.97. The van der Waals surface area contributed by atoms with Crippen molar-refractivity contribution in [1.82, 2.24) is 15.5 Å². The van der Waals surface area contributed by atoms with Gasteiger partial charge in [-0.1, -0.05) is 13.3 Å². The number of carbonyl (C=O) groups excluding carboxylic acids is 3. The lowest BCUT2D eigenvalue weighted by atomic mass is 9.75. The number of carbonyl (C=O) groups is 3. The highest BCUT2D eigenvalue weighted by Crippen LogP contribution is 2.37. The van der Waals surface area contributed by atoms with E-state index in [2.05, 4.69) is 17.6 Å². The van der Waals surface area contributed by atoms with Gasteiger partial charge < -0.3 is 16.4 Å². The molecule has 0 atom stereocenters. The van der Waals surface area contributed by atoms with Crippen LogP contribution in [0, 0.1) is 5.92 Å². The Bertz CT molecular complexity index is 534. The summed E-state index contributed by atoms with van der Waals surface area (Å²) in [7, 11) is 0. The minimum atomic E-state index is -0.777. The molecule has 2 saturated carbocycles. The predicted octanol–water partition coefficient (Wildman–Crippen LogP) is 1.26. The minimum absolute atomic E-state index is 0.0991. The van der Waals surface area contributed by atoms with Gasteiger partial charge in [-0.25, -0.2) is 4.79 Å². The summed E-state index contributed by atoms with van der Waals surface area (Å²) in [6.07, 6.45) is 7.87. The van der Waals surface area contributed by atoms with E-state index in [-0.39, 0.29) is 30.4 Å². The van der Waals surface area contributed by atoms with E-state index >= 15 is 0 Å². The van der Waals surface area contributed by atoms with Gasteiger partial charge >= 0.3 is 6.03 Å². The van der Waals surface area contributed by atoms with Gasteiger partial charge in [0.15, 0.2) is 0 Å². The third-order valence-electron chi connectivity index (χ3n) is 6.22. The molecule has 0 aromatic heterocycles. The Labute approximate surface area is 149 Å². The van der Waals surface area contributed by atoms with Crippen LogP contribution in [0.15, 0.2) is 0 Å². The van der Waals surface area contributed by atoms with E-state index in [0.29, 0.717) is 18.8 Å². The van der Waals surface area contributed by atoms with E-state index < -0.39 is 11.6 Å². The smallest absolute Gasteiger partial charge is 0.325 e. The van der Waals surface area contributed by atoms with Crippen LogP contribution in [0.2, 0.25) is 0 Å². The van der Waals surface area contributed by atoms with Crippen LogP contribution in [-0.4, -0.2) is 46.9 Å². The average Bonchev–Trinajstić information content (AvgIpc) is 2.82. The van der Waals surface area contributed by atoms with E-state index in [1.807, 2.05) is 0 Å². The zero-order valence-electron chi connectivity index (χ0n) is 15.1. The van der Waals surface area contributed by atoms with Crippen molar-refractivity contribution < 1.29 is 14.4 Å². The lowest BCUT2D eigenvalue weighted by molar-refractivity contribution is -0.136. The summed E-state index contributed by atoms with van der Waals surface area (Å²) in [4.78, 5) is 38.5. The number of rotatable bonds is 4. The summed E-state index contributed by atoms with van der Waals surface area (Å²) >= 11 is 0. The highest BCUT2D eigenvalue weighted by molar-refractivity contribution is 6.09. The minimum Gasteiger partial charge on any atom is -0.352 e. The van der Waals surface area contributed by atoms with E-state index in [1.54, 1.807) is 0 Å². The Morgan fingerprint density at radius 2 is 1.84 bits per heavy atom. The second-order valence-electron chi connectivity index (χ2n) is 7.93. The van der Waals surface area contributed by atoms with E-state index in [9.17, 15) is 14.4 Å². The van der Waals surface area contributed by atoms with Crippen molar-refractivity contribution in [3.05, 3.63) is 0 Å². The number of imide groups is 1. The van der Waals surface area contributed by atoms with Gasteiger partial charge in [-0.05, 0) is 57.3 Å². The molecule has 3 fully saturated rings. The van der Waals surface area contributed by atoms with Gasteiger partial charge in [-0.3, -0.25) is 14.5 Å².